The van der Waals surface area contributed by atoms with Gasteiger partial charge in [0.1, 0.15) is 0 Å². The molecule has 3 aromatic carbocycles. The summed E-state index contributed by atoms with van der Waals surface area (Å²) in [5, 5.41) is 0. The highest BCUT2D eigenvalue weighted by atomic mass is 32.2. The summed E-state index contributed by atoms with van der Waals surface area (Å²) < 4.78 is 28.1. The van der Waals surface area contributed by atoms with Crippen molar-refractivity contribution in [3.8, 4) is 0 Å². The first kappa shape index (κ1) is 23.5. The molecule has 7 nitrogen and oxygen atoms in total. The number of nitrogens with one attached hydrogen (secondary N) is 1. The molecule has 0 saturated heterocycles. The van der Waals surface area contributed by atoms with Crippen molar-refractivity contribution in [1.82, 2.24) is 4.90 Å². The molecule has 0 heterocycles. The smallest absolute Gasteiger partial charge is 0.261 e. The van der Waals surface area contributed by atoms with Crippen molar-refractivity contribution in [2.24, 2.45) is 5.73 Å². The maximum Gasteiger partial charge on any atom is 0.261 e. The summed E-state index contributed by atoms with van der Waals surface area (Å²) in [7, 11) is -3.73. The summed E-state index contributed by atoms with van der Waals surface area (Å²) in [4.78, 5) is 26.5. The van der Waals surface area contributed by atoms with Gasteiger partial charge in [0.25, 0.3) is 15.9 Å². The van der Waals surface area contributed by atoms with E-state index in [9.17, 15) is 18.0 Å². The molecule has 0 unspecified atom stereocenters. The summed E-state index contributed by atoms with van der Waals surface area (Å²) in [5.74, 6) is -0.611. The fraction of sp³-hybridized carbons (Fsp3) is 0.231. The molecule has 0 aliphatic heterocycles. The van der Waals surface area contributed by atoms with E-state index < -0.39 is 15.9 Å². The van der Waals surface area contributed by atoms with E-state index >= 15 is 0 Å². The van der Waals surface area contributed by atoms with Gasteiger partial charge in [0.15, 0.2) is 0 Å². The van der Waals surface area contributed by atoms with Crippen LogP contribution >= 0.6 is 0 Å². The molecule has 3 N–H and O–H groups in total. The number of benzene rings is 3. The van der Waals surface area contributed by atoms with Gasteiger partial charge >= 0.3 is 0 Å². The molecule has 0 spiro atoms. The SMILES string of the molecule is Cc1ccc(S(=O)(=O)Nc2ccc(C(=O)N(Cc3ccc(C(N)=O)cc3)C3CC3)cc2)cc1C. The molecule has 8 heteroatoms. The summed E-state index contributed by atoms with van der Waals surface area (Å²) in [6.07, 6.45) is 1.89. The highest BCUT2D eigenvalue weighted by molar-refractivity contribution is 7.92. The molecular weight excluding hydrogens is 450 g/mol. The second kappa shape index (κ2) is 9.30. The molecular formula is C26H27N3O4S. The lowest BCUT2D eigenvalue weighted by Gasteiger charge is -2.23. The normalized spacial score (nSPS) is 13.4. The first-order chi connectivity index (χ1) is 16.1. The summed E-state index contributed by atoms with van der Waals surface area (Å²) in [6, 6.07) is 18.5. The van der Waals surface area contributed by atoms with Crippen LogP contribution in [0.4, 0.5) is 5.69 Å². The lowest BCUT2D eigenvalue weighted by molar-refractivity contribution is 0.0729. The van der Waals surface area contributed by atoms with Gasteiger partial charge in [0, 0.05) is 29.4 Å². The highest BCUT2D eigenvalue weighted by Gasteiger charge is 2.33. The van der Waals surface area contributed by atoms with Crippen molar-refractivity contribution in [2.45, 2.75) is 44.2 Å². The third-order valence-electron chi connectivity index (χ3n) is 6.01. The average Bonchev–Trinajstić information content (AvgIpc) is 3.64. The fourth-order valence-corrected chi connectivity index (χ4v) is 4.81. The van der Waals surface area contributed by atoms with Gasteiger partial charge in [-0.2, -0.15) is 0 Å². The zero-order chi connectivity index (χ0) is 24.5. The Hall–Kier alpha value is -3.65. The summed E-state index contributed by atoms with van der Waals surface area (Å²) >= 11 is 0. The molecule has 0 bridgehead atoms. The Kier molecular flexibility index (Phi) is 6.43. The molecule has 0 atom stereocenters. The zero-order valence-corrected chi connectivity index (χ0v) is 19.9. The Morgan fingerprint density at radius 1 is 0.912 bits per heavy atom. The van der Waals surface area contributed by atoms with Crippen LogP contribution in [0.2, 0.25) is 0 Å². The number of nitrogens with two attached hydrogens (primary N) is 1. The Balaban J connectivity index is 1.47. The van der Waals surface area contributed by atoms with Crippen LogP contribution in [0.3, 0.4) is 0 Å². The molecule has 0 aromatic heterocycles. The number of aryl methyl sites for hydroxylation is 2. The van der Waals surface area contributed by atoms with Crippen LogP contribution in [0.5, 0.6) is 0 Å². The molecule has 1 saturated carbocycles. The molecule has 4 rings (SSSR count). The Labute approximate surface area is 199 Å². The minimum Gasteiger partial charge on any atom is -0.366 e. The number of rotatable bonds is 8. The van der Waals surface area contributed by atoms with E-state index in [4.69, 9.17) is 5.73 Å². The van der Waals surface area contributed by atoms with Gasteiger partial charge in [-0.05, 0) is 91.9 Å². The van der Waals surface area contributed by atoms with Crippen LogP contribution in [0.15, 0.2) is 71.6 Å². The fourth-order valence-electron chi connectivity index (χ4n) is 3.67. The van der Waals surface area contributed by atoms with Crippen LogP contribution < -0.4 is 10.5 Å². The minimum absolute atomic E-state index is 0.120. The molecule has 2 amide bonds. The first-order valence-electron chi connectivity index (χ1n) is 11.0. The Bertz CT molecular complexity index is 1330. The maximum absolute atomic E-state index is 13.2. The first-order valence-corrected chi connectivity index (χ1v) is 12.5. The average molecular weight is 478 g/mol. The van der Waals surface area contributed by atoms with Crippen molar-refractivity contribution in [3.05, 3.63) is 94.5 Å². The van der Waals surface area contributed by atoms with Crippen molar-refractivity contribution >= 4 is 27.5 Å². The van der Waals surface area contributed by atoms with Gasteiger partial charge < -0.3 is 10.6 Å². The third-order valence-corrected chi connectivity index (χ3v) is 7.39. The monoisotopic (exact) mass is 477 g/mol. The van der Waals surface area contributed by atoms with Crippen LogP contribution in [0.25, 0.3) is 0 Å². The lowest BCUT2D eigenvalue weighted by Crippen LogP contribution is -2.32. The van der Waals surface area contributed by atoms with E-state index in [0.29, 0.717) is 23.4 Å². The Morgan fingerprint density at radius 3 is 2.09 bits per heavy atom. The van der Waals surface area contributed by atoms with Gasteiger partial charge in [-0.3, -0.25) is 14.3 Å². The molecule has 1 aliphatic rings. The van der Waals surface area contributed by atoms with Crippen molar-refractivity contribution in [3.63, 3.8) is 0 Å². The molecule has 1 fully saturated rings. The molecule has 34 heavy (non-hydrogen) atoms. The molecule has 176 valence electrons. The van der Waals surface area contributed by atoms with Crippen molar-refractivity contribution < 1.29 is 18.0 Å². The van der Waals surface area contributed by atoms with Crippen LogP contribution in [-0.4, -0.2) is 31.2 Å². The molecule has 3 aromatic rings. The maximum atomic E-state index is 13.2. The number of anilines is 1. The molecule has 0 radical (unpaired) electrons. The highest BCUT2D eigenvalue weighted by Crippen LogP contribution is 2.30. The number of sulfonamides is 1. The Morgan fingerprint density at radius 2 is 1.53 bits per heavy atom. The van der Waals surface area contributed by atoms with Gasteiger partial charge in [-0.25, -0.2) is 8.42 Å². The summed E-state index contributed by atoms with van der Waals surface area (Å²) in [5.41, 5.74) is 9.41. The predicted molar refractivity (Wildman–Crippen MR) is 131 cm³/mol. The standard InChI is InChI=1S/C26H27N3O4S/c1-17-3-14-24(15-18(17)2)34(32,33)28-22-10-8-21(9-11-22)26(31)29(23-12-13-23)16-19-4-6-20(7-5-19)25(27)30/h3-11,14-15,23,28H,12-13,16H2,1-2H3,(H2,27,30). The second-order valence-electron chi connectivity index (χ2n) is 8.65. The van der Waals surface area contributed by atoms with E-state index in [1.807, 2.05) is 18.7 Å². The topological polar surface area (TPSA) is 110 Å². The van der Waals surface area contributed by atoms with Crippen molar-refractivity contribution in [2.75, 3.05) is 4.72 Å². The van der Waals surface area contributed by atoms with E-state index in [1.165, 1.54) is 0 Å². The predicted octanol–water partition coefficient (Wildman–Crippen LogP) is 4.01. The van der Waals surface area contributed by atoms with Gasteiger partial charge in [0.2, 0.25) is 5.91 Å². The number of primary amides is 1. The van der Waals surface area contributed by atoms with E-state index in [1.54, 1.807) is 66.7 Å². The van der Waals surface area contributed by atoms with E-state index in [2.05, 4.69) is 4.72 Å². The van der Waals surface area contributed by atoms with Gasteiger partial charge in [-0.15, -0.1) is 0 Å². The van der Waals surface area contributed by atoms with E-state index in [0.717, 1.165) is 29.5 Å². The van der Waals surface area contributed by atoms with Crippen LogP contribution in [0.1, 0.15) is 50.2 Å². The van der Waals surface area contributed by atoms with E-state index in [-0.39, 0.29) is 16.8 Å². The largest absolute Gasteiger partial charge is 0.366 e. The van der Waals surface area contributed by atoms with Crippen LogP contribution in [0, 0.1) is 13.8 Å². The number of carbonyl (C=O) groups is 2. The minimum atomic E-state index is -3.73. The third kappa shape index (κ3) is 5.28. The summed E-state index contributed by atoms with van der Waals surface area (Å²) in [6.45, 7) is 4.21. The number of hydrogen-bond donors (Lipinski definition) is 2. The van der Waals surface area contributed by atoms with Crippen LogP contribution in [-0.2, 0) is 16.6 Å². The van der Waals surface area contributed by atoms with Crippen molar-refractivity contribution in [1.29, 1.82) is 0 Å². The quantitative estimate of drug-likeness (QED) is 0.511. The lowest BCUT2D eigenvalue weighted by atomic mass is 10.1. The molecule has 1 aliphatic carbocycles. The number of hydrogen-bond acceptors (Lipinski definition) is 4. The number of nitrogens with zero attached hydrogens (tertiary/aromatic N) is 1. The number of amides is 2. The van der Waals surface area contributed by atoms with Gasteiger partial charge in [0.05, 0.1) is 4.90 Å². The second-order valence-corrected chi connectivity index (χ2v) is 10.3. The zero-order valence-electron chi connectivity index (χ0n) is 19.1. The van der Waals surface area contributed by atoms with Gasteiger partial charge in [-0.1, -0.05) is 18.2 Å². The number of carbonyl (C=O) groups excluding carboxylic acids is 2.